The number of rotatable bonds is 5. The molecule has 1 aromatic heterocycles. The molecule has 2 rings (SSSR count). The average Bonchev–Trinajstić information content (AvgIpc) is 2.42. The standard InChI is InChI=1S/C13H14ClN3O2/c1-19-8-10-5-3-2-4-9(10)6-15-11-7-16-17-13(18)12(11)14/h2-5,7H,6,8H2,1H3,(H2,15,17,18). The zero-order valence-electron chi connectivity index (χ0n) is 10.4. The maximum Gasteiger partial charge on any atom is 0.285 e. The third-order valence-corrected chi connectivity index (χ3v) is 3.06. The number of nitrogens with zero attached hydrogens (tertiary/aromatic N) is 1. The molecule has 0 saturated carbocycles. The maximum absolute atomic E-state index is 11.3. The van der Waals surface area contributed by atoms with Crippen LogP contribution in [0.25, 0.3) is 0 Å². The Balaban J connectivity index is 2.14. The van der Waals surface area contributed by atoms with E-state index in [1.165, 1.54) is 6.20 Å². The van der Waals surface area contributed by atoms with Gasteiger partial charge in [0.05, 0.1) is 18.5 Å². The van der Waals surface area contributed by atoms with Crippen molar-refractivity contribution in [1.29, 1.82) is 0 Å². The van der Waals surface area contributed by atoms with Crippen molar-refractivity contribution in [2.45, 2.75) is 13.2 Å². The molecule has 5 nitrogen and oxygen atoms in total. The fraction of sp³-hybridized carbons (Fsp3) is 0.231. The summed E-state index contributed by atoms with van der Waals surface area (Å²) < 4.78 is 5.14. The van der Waals surface area contributed by atoms with E-state index < -0.39 is 5.56 Å². The Labute approximate surface area is 115 Å². The normalized spacial score (nSPS) is 10.4. The van der Waals surface area contributed by atoms with Gasteiger partial charge in [0.1, 0.15) is 5.02 Å². The number of halogens is 1. The molecular weight excluding hydrogens is 266 g/mol. The van der Waals surface area contributed by atoms with Crippen molar-refractivity contribution in [3.63, 3.8) is 0 Å². The summed E-state index contributed by atoms with van der Waals surface area (Å²) in [6, 6.07) is 7.90. The van der Waals surface area contributed by atoms with E-state index >= 15 is 0 Å². The molecule has 1 aromatic carbocycles. The highest BCUT2D eigenvalue weighted by atomic mass is 35.5. The van der Waals surface area contributed by atoms with Gasteiger partial charge < -0.3 is 10.1 Å². The van der Waals surface area contributed by atoms with Crippen LogP contribution >= 0.6 is 11.6 Å². The van der Waals surface area contributed by atoms with Gasteiger partial charge in [-0.2, -0.15) is 5.10 Å². The van der Waals surface area contributed by atoms with Gasteiger partial charge in [0, 0.05) is 13.7 Å². The van der Waals surface area contributed by atoms with Gasteiger partial charge in [0.15, 0.2) is 0 Å². The first kappa shape index (κ1) is 13.6. The van der Waals surface area contributed by atoms with Crippen molar-refractivity contribution < 1.29 is 4.74 Å². The van der Waals surface area contributed by atoms with Gasteiger partial charge >= 0.3 is 0 Å². The van der Waals surface area contributed by atoms with Gasteiger partial charge in [-0.05, 0) is 11.1 Å². The molecule has 0 bridgehead atoms. The minimum Gasteiger partial charge on any atom is -0.380 e. The summed E-state index contributed by atoms with van der Waals surface area (Å²) in [4.78, 5) is 11.3. The lowest BCUT2D eigenvalue weighted by Gasteiger charge is -2.11. The van der Waals surface area contributed by atoms with Crippen LogP contribution in [0.4, 0.5) is 5.69 Å². The number of aromatic nitrogens is 2. The Hall–Kier alpha value is -1.85. The van der Waals surface area contributed by atoms with Crippen LogP contribution < -0.4 is 10.9 Å². The van der Waals surface area contributed by atoms with E-state index in [0.29, 0.717) is 18.8 Å². The highest BCUT2D eigenvalue weighted by molar-refractivity contribution is 6.32. The molecule has 6 heteroatoms. The molecule has 19 heavy (non-hydrogen) atoms. The summed E-state index contributed by atoms with van der Waals surface area (Å²) in [5.74, 6) is 0. The molecule has 0 radical (unpaired) electrons. The SMILES string of the molecule is COCc1ccccc1CNc1cn[nH]c(=O)c1Cl. The number of ether oxygens (including phenoxy) is 1. The van der Waals surface area contributed by atoms with Crippen molar-refractivity contribution in [2.75, 3.05) is 12.4 Å². The van der Waals surface area contributed by atoms with Gasteiger partial charge in [-0.3, -0.25) is 4.79 Å². The van der Waals surface area contributed by atoms with Crippen LogP contribution in [-0.4, -0.2) is 17.3 Å². The molecule has 2 aromatic rings. The molecule has 0 amide bonds. The lowest BCUT2D eigenvalue weighted by Crippen LogP contribution is -2.12. The molecule has 100 valence electrons. The molecule has 0 aliphatic rings. The van der Waals surface area contributed by atoms with E-state index in [-0.39, 0.29) is 5.02 Å². The average molecular weight is 280 g/mol. The second kappa shape index (κ2) is 6.36. The summed E-state index contributed by atoms with van der Waals surface area (Å²) in [7, 11) is 1.65. The third kappa shape index (κ3) is 3.33. The van der Waals surface area contributed by atoms with Crippen LogP contribution in [0, 0.1) is 0 Å². The van der Waals surface area contributed by atoms with Crippen molar-refractivity contribution in [1.82, 2.24) is 10.2 Å². The maximum atomic E-state index is 11.3. The molecule has 0 fully saturated rings. The number of hydrogen-bond donors (Lipinski definition) is 2. The molecule has 2 N–H and O–H groups in total. The lowest BCUT2D eigenvalue weighted by molar-refractivity contribution is 0.184. The molecule has 0 atom stereocenters. The number of hydrogen-bond acceptors (Lipinski definition) is 4. The largest absolute Gasteiger partial charge is 0.380 e. The minimum atomic E-state index is -0.406. The van der Waals surface area contributed by atoms with Gasteiger partial charge in [-0.25, -0.2) is 5.10 Å². The van der Waals surface area contributed by atoms with E-state index in [0.717, 1.165) is 11.1 Å². The topological polar surface area (TPSA) is 67.0 Å². The van der Waals surface area contributed by atoms with E-state index in [1.807, 2.05) is 24.3 Å². The Kier molecular flexibility index (Phi) is 4.54. The first-order valence-corrected chi connectivity index (χ1v) is 6.13. The second-order valence-electron chi connectivity index (χ2n) is 3.98. The first-order valence-electron chi connectivity index (χ1n) is 5.75. The van der Waals surface area contributed by atoms with Gasteiger partial charge in [0.25, 0.3) is 5.56 Å². The highest BCUT2D eigenvalue weighted by Crippen LogP contribution is 2.17. The Bertz CT molecular complexity index is 613. The number of H-pyrrole nitrogens is 1. The summed E-state index contributed by atoms with van der Waals surface area (Å²) in [6.07, 6.45) is 1.49. The summed E-state index contributed by atoms with van der Waals surface area (Å²) in [6.45, 7) is 1.09. The second-order valence-corrected chi connectivity index (χ2v) is 4.36. The zero-order chi connectivity index (χ0) is 13.7. The van der Waals surface area contributed by atoms with Crippen LogP contribution in [0.1, 0.15) is 11.1 Å². The fourth-order valence-electron chi connectivity index (χ4n) is 1.72. The fourth-order valence-corrected chi connectivity index (χ4v) is 1.88. The van der Waals surface area contributed by atoms with E-state index in [4.69, 9.17) is 16.3 Å². The summed E-state index contributed by atoms with van der Waals surface area (Å²) >= 11 is 5.89. The summed E-state index contributed by atoms with van der Waals surface area (Å²) in [5.41, 5.74) is 2.28. The van der Waals surface area contributed by atoms with E-state index in [1.54, 1.807) is 7.11 Å². The number of methoxy groups -OCH3 is 1. The lowest BCUT2D eigenvalue weighted by atomic mass is 10.1. The van der Waals surface area contributed by atoms with Crippen molar-refractivity contribution >= 4 is 17.3 Å². The monoisotopic (exact) mass is 279 g/mol. The number of anilines is 1. The molecule has 0 aliphatic carbocycles. The highest BCUT2D eigenvalue weighted by Gasteiger charge is 2.06. The molecule has 0 spiro atoms. The van der Waals surface area contributed by atoms with E-state index in [2.05, 4.69) is 15.5 Å². The number of aromatic amines is 1. The smallest absolute Gasteiger partial charge is 0.285 e. The number of benzene rings is 1. The predicted molar refractivity (Wildman–Crippen MR) is 74.3 cm³/mol. The van der Waals surface area contributed by atoms with Crippen LogP contribution in [0.15, 0.2) is 35.3 Å². The van der Waals surface area contributed by atoms with E-state index in [9.17, 15) is 4.79 Å². The van der Waals surface area contributed by atoms with Gasteiger partial charge in [0.2, 0.25) is 0 Å². The minimum absolute atomic E-state index is 0.110. The summed E-state index contributed by atoms with van der Waals surface area (Å²) in [5, 5.41) is 9.19. The molecule has 0 saturated heterocycles. The van der Waals surface area contributed by atoms with Gasteiger partial charge in [-0.1, -0.05) is 35.9 Å². The Morgan fingerprint density at radius 2 is 2.11 bits per heavy atom. The molecular formula is C13H14ClN3O2. The van der Waals surface area contributed by atoms with Crippen LogP contribution in [0.3, 0.4) is 0 Å². The van der Waals surface area contributed by atoms with Crippen molar-refractivity contribution in [3.8, 4) is 0 Å². The van der Waals surface area contributed by atoms with Gasteiger partial charge in [-0.15, -0.1) is 0 Å². The van der Waals surface area contributed by atoms with Crippen LogP contribution in [0.2, 0.25) is 5.02 Å². The predicted octanol–water partition coefficient (Wildman–Crippen LogP) is 2.18. The molecule has 0 aliphatic heterocycles. The van der Waals surface area contributed by atoms with Crippen LogP contribution in [-0.2, 0) is 17.9 Å². The Morgan fingerprint density at radius 3 is 2.84 bits per heavy atom. The zero-order valence-corrected chi connectivity index (χ0v) is 11.2. The molecule has 1 heterocycles. The van der Waals surface area contributed by atoms with Crippen LogP contribution in [0.5, 0.6) is 0 Å². The van der Waals surface area contributed by atoms with Crippen molar-refractivity contribution in [2.24, 2.45) is 0 Å². The first-order chi connectivity index (χ1) is 9.22. The molecule has 0 unspecified atom stereocenters. The van der Waals surface area contributed by atoms with Crippen molar-refractivity contribution in [3.05, 3.63) is 57.0 Å². The Morgan fingerprint density at radius 1 is 1.37 bits per heavy atom. The quantitative estimate of drug-likeness (QED) is 0.880. The third-order valence-electron chi connectivity index (χ3n) is 2.68. The number of nitrogens with one attached hydrogen (secondary N) is 2.